The van der Waals surface area contributed by atoms with E-state index < -0.39 is 0 Å². The Morgan fingerprint density at radius 2 is 2.08 bits per heavy atom. The fraction of sp³-hybridized carbons (Fsp3) is 0.857. The zero-order chi connectivity index (χ0) is 18.0. The third kappa shape index (κ3) is 3.42. The molecule has 138 valence electrons. The Morgan fingerprint density at radius 1 is 1.38 bits per heavy atom. The van der Waals surface area contributed by atoms with Crippen LogP contribution in [0.5, 0.6) is 0 Å². The van der Waals surface area contributed by atoms with Crippen LogP contribution in [0.1, 0.15) is 72.1 Å². The average Bonchev–Trinajstić information content (AvgIpc) is 2.53. The van der Waals surface area contributed by atoms with Crippen LogP contribution in [-0.2, 0) is 9.53 Å². The topological polar surface area (TPSA) is 46.5 Å². The maximum absolute atomic E-state index is 12.6. The number of fused-ring (bicyclic) bond motifs is 1. The van der Waals surface area contributed by atoms with Gasteiger partial charge in [-0.2, -0.15) is 0 Å². The summed E-state index contributed by atoms with van der Waals surface area (Å²) in [5, 5.41) is 9.15. The van der Waals surface area contributed by atoms with Crippen molar-refractivity contribution >= 4 is 5.97 Å². The molecule has 0 bridgehead atoms. The molecule has 0 aromatic carbocycles. The van der Waals surface area contributed by atoms with Gasteiger partial charge in [-0.1, -0.05) is 38.8 Å². The minimum Gasteiger partial charge on any atom is -0.469 e. The highest BCUT2D eigenvalue weighted by Gasteiger charge is 2.57. The molecule has 0 aromatic heterocycles. The molecule has 0 radical (unpaired) electrons. The third-order valence-corrected chi connectivity index (χ3v) is 7.24. The highest BCUT2D eigenvalue weighted by molar-refractivity contribution is 5.77. The number of rotatable bonds is 6. The summed E-state index contributed by atoms with van der Waals surface area (Å²) in [6.07, 6.45) is 8.44. The molecule has 2 rings (SSSR count). The van der Waals surface area contributed by atoms with Crippen molar-refractivity contribution in [3.05, 3.63) is 12.2 Å². The lowest BCUT2D eigenvalue weighted by molar-refractivity contribution is -0.168. The second-order valence-electron chi connectivity index (χ2n) is 8.77. The number of hydrogen-bond donors (Lipinski definition) is 1. The van der Waals surface area contributed by atoms with Crippen molar-refractivity contribution in [2.24, 2.45) is 28.6 Å². The van der Waals surface area contributed by atoms with Crippen molar-refractivity contribution in [1.29, 1.82) is 0 Å². The molecular formula is C21H36O3. The first kappa shape index (κ1) is 19.5. The Hall–Kier alpha value is -0.830. The van der Waals surface area contributed by atoms with Gasteiger partial charge >= 0.3 is 5.97 Å². The van der Waals surface area contributed by atoms with E-state index in [0.717, 1.165) is 44.9 Å². The lowest BCUT2D eigenvalue weighted by Gasteiger charge is -2.57. The van der Waals surface area contributed by atoms with Gasteiger partial charge in [-0.25, -0.2) is 0 Å². The van der Waals surface area contributed by atoms with Crippen LogP contribution in [-0.4, -0.2) is 24.8 Å². The van der Waals surface area contributed by atoms with Crippen LogP contribution in [0.4, 0.5) is 0 Å². The van der Waals surface area contributed by atoms with Gasteiger partial charge in [-0.15, -0.1) is 0 Å². The van der Waals surface area contributed by atoms with Gasteiger partial charge in [0.25, 0.3) is 0 Å². The summed E-state index contributed by atoms with van der Waals surface area (Å²) in [5.41, 5.74) is 1.17. The van der Waals surface area contributed by atoms with Gasteiger partial charge in [0.1, 0.15) is 0 Å². The Morgan fingerprint density at radius 3 is 2.71 bits per heavy atom. The molecule has 2 aliphatic rings. The molecule has 0 amide bonds. The first-order valence-electron chi connectivity index (χ1n) is 9.66. The molecule has 0 aromatic rings. The third-order valence-electron chi connectivity index (χ3n) is 7.24. The van der Waals surface area contributed by atoms with Gasteiger partial charge in [-0.05, 0) is 68.6 Å². The minimum absolute atomic E-state index is 0.0293. The zero-order valence-corrected chi connectivity index (χ0v) is 16.1. The lowest BCUT2D eigenvalue weighted by atomic mass is 9.46. The maximum atomic E-state index is 12.6. The Balaban J connectivity index is 2.22. The summed E-state index contributed by atoms with van der Waals surface area (Å²) in [6, 6.07) is 0. The van der Waals surface area contributed by atoms with E-state index >= 15 is 0 Å². The number of methoxy groups -OCH3 is 1. The summed E-state index contributed by atoms with van der Waals surface area (Å²) in [6.45, 7) is 11.4. The summed E-state index contributed by atoms with van der Waals surface area (Å²) in [5.74, 6) is 1.39. The standard InChI is InChI=1S/C21H36O3/c1-15(11-14-22)7-9-17-16(2)8-10-18-20(17,3)12-6-13-21(18,4)19(23)24-5/h15,17-18,22H,2,6-14H2,1,3-5H3/t15-,17+,18?,20-,21+/m1/s1. The second-order valence-corrected chi connectivity index (χ2v) is 8.77. The molecule has 0 heterocycles. The first-order valence-corrected chi connectivity index (χ1v) is 9.66. The van der Waals surface area contributed by atoms with Crippen LogP contribution in [0.25, 0.3) is 0 Å². The molecule has 1 N–H and O–H groups in total. The number of allylic oxidation sites excluding steroid dienone is 1. The molecule has 0 saturated heterocycles. The molecule has 3 heteroatoms. The van der Waals surface area contributed by atoms with Gasteiger partial charge < -0.3 is 9.84 Å². The summed E-state index contributed by atoms with van der Waals surface area (Å²) < 4.78 is 5.19. The fourth-order valence-electron chi connectivity index (χ4n) is 5.78. The van der Waals surface area contributed by atoms with E-state index in [-0.39, 0.29) is 23.4 Å². The van der Waals surface area contributed by atoms with E-state index in [1.54, 1.807) is 0 Å². The number of aliphatic hydroxyl groups excluding tert-OH is 1. The van der Waals surface area contributed by atoms with Crippen molar-refractivity contribution in [1.82, 2.24) is 0 Å². The minimum atomic E-state index is -0.350. The summed E-state index contributed by atoms with van der Waals surface area (Å²) in [7, 11) is 1.52. The van der Waals surface area contributed by atoms with Crippen molar-refractivity contribution < 1.29 is 14.6 Å². The van der Waals surface area contributed by atoms with Crippen LogP contribution >= 0.6 is 0 Å². The van der Waals surface area contributed by atoms with Crippen LogP contribution in [0.15, 0.2) is 12.2 Å². The SMILES string of the molecule is C=C1CCC2[C@](C)(CCC[C@]2(C)C(=O)OC)[C@H]1CC[C@@H](C)CCO. The van der Waals surface area contributed by atoms with Gasteiger partial charge in [0.2, 0.25) is 0 Å². The Bertz CT molecular complexity index is 472. The van der Waals surface area contributed by atoms with E-state index in [1.165, 1.54) is 19.1 Å². The quantitative estimate of drug-likeness (QED) is 0.563. The number of ether oxygens (including phenoxy) is 1. The van der Waals surface area contributed by atoms with Gasteiger partial charge in [0, 0.05) is 6.61 Å². The molecule has 2 fully saturated rings. The smallest absolute Gasteiger partial charge is 0.311 e. The number of aliphatic hydroxyl groups is 1. The second kappa shape index (κ2) is 7.59. The Kier molecular flexibility index (Phi) is 6.17. The van der Waals surface area contributed by atoms with Crippen LogP contribution < -0.4 is 0 Å². The van der Waals surface area contributed by atoms with E-state index in [1.807, 2.05) is 0 Å². The van der Waals surface area contributed by atoms with Crippen LogP contribution in [0.3, 0.4) is 0 Å². The number of carbonyl (C=O) groups is 1. The first-order chi connectivity index (χ1) is 11.3. The molecule has 0 aliphatic heterocycles. The molecule has 24 heavy (non-hydrogen) atoms. The molecule has 1 unspecified atom stereocenters. The summed E-state index contributed by atoms with van der Waals surface area (Å²) >= 11 is 0. The van der Waals surface area contributed by atoms with Crippen molar-refractivity contribution in [3.8, 4) is 0 Å². The molecular weight excluding hydrogens is 300 g/mol. The van der Waals surface area contributed by atoms with E-state index in [2.05, 4.69) is 27.4 Å². The predicted octanol–water partition coefficient (Wildman–Crippen LogP) is 4.74. The lowest BCUT2D eigenvalue weighted by Crippen LogP contribution is -2.53. The number of carbonyl (C=O) groups excluding carboxylic acids is 1. The van der Waals surface area contributed by atoms with Crippen molar-refractivity contribution in [3.63, 3.8) is 0 Å². The molecule has 0 spiro atoms. The monoisotopic (exact) mass is 336 g/mol. The molecule has 2 saturated carbocycles. The highest BCUT2D eigenvalue weighted by atomic mass is 16.5. The van der Waals surface area contributed by atoms with Gasteiger partial charge in [-0.3, -0.25) is 4.79 Å². The zero-order valence-electron chi connectivity index (χ0n) is 16.1. The predicted molar refractivity (Wildman–Crippen MR) is 97.5 cm³/mol. The van der Waals surface area contributed by atoms with Crippen molar-refractivity contribution in [2.45, 2.75) is 72.1 Å². The summed E-state index contributed by atoms with van der Waals surface area (Å²) in [4.78, 5) is 12.6. The molecule has 2 aliphatic carbocycles. The van der Waals surface area contributed by atoms with E-state index in [4.69, 9.17) is 9.84 Å². The Labute approximate surface area is 147 Å². The molecule has 3 nitrogen and oxygen atoms in total. The largest absolute Gasteiger partial charge is 0.469 e. The number of esters is 1. The fourth-order valence-corrected chi connectivity index (χ4v) is 5.78. The number of hydrogen-bond acceptors (Lipinski definition) is 3. The van der Waals surface area contributed by atoms with E-state index in [9.17, 15) is 4.79 Å². The average molecular weight is 337 g/mol. The highest BCUT2D eigenvalue weighted by Crippen LogP contribution is 2.62. The van der Waals surface area contributed by atoms with Crippen LogP contribution in [0, 0.1) is 28.6 Å². The normalized spacial score (nSPS) is 37.6. The van der Waals surface area contributed by atoms with Gasteiger partial charge in [0.05, 0.1) is 12.5 Å². The van der Waals surface area contributed by atoms with E-state index in [0.29, 0.717) is 17.8 Å². The molecule has 5 atom stereocenters. The van der Waals surface area contributed by atoms with Gasteiger partial charge in [0.15, 0.2) is 0 Å². The maximum Gasteiger partial charge on any atom is 0.311 e. The van der Waals surface area contributed by atoms with Crippen LogP contribution in [0.2, 0.25) is 0 Å². The van der Waals surface area contributed by atoms with Crippen molar-refractivity contribution in [2.75, 3.05) is 13.7 Å².